The Morgan fingerprint density at radius 3 is 2.10 bits per heavy atom. The smallest absolute Gasteiger partial charge is 0.407 e. The molecule has 2 aliphatic carbocycles. The Bertz CT molecular complexity index is 913. The molecule has 0 saturated heterocycles. The van der Waals surface area contributed by atoms with Crippen LogP contribution in [0.5, 0.6) is 0 Å². The maximum atomic E-state index is 12.7. The van der Waals surface area contributed by atoms with Gasteiger partial charge in [0.05, 0.1) is 5.92 Å². The number of carboxylic acid groups (broad SMARTS) is 1. The van der Waals surface area contributed by atoms with Crippen molar-refractivity contribution in [2.24, 2.45) is 11.8 Å². The van der Waals surface area contributed by atoms with E-state index in [1.807, 2.05) is 48.5 Å². The molecule has 0 aromatic heterocycles. The third kappa shape index (κ3) is 3.66. The number of alkyl halides is 3. The van der Waals surface area contributed by atoms with Gasteiger partial charge in [0, 0.05) is 11.8 Å². The molecule has 0 heterocycles. The van der Waals surface area contributed by atoms with Crippen LogP contribution in [0.4, 0.5) is 18.0 Å². The van der Waals surface area contributed by atoms with E-state index < -0.39 is 36.1 Å². The predicted octanol–water partition coefficient (Wildman–Crippen LogP) is 4.18. The lowest BCUT2D eigenvalue weighted by Crippen LogP contribution is -2.44. The van der Waals surface area contributed by atoms with E-state index in [1.54, 1.807) is 0 Å². The number of aliphatic carboxylic acids is 1. The predicted molar refractivity (Wildman–Crippen MR) is 97.3 cm³/mol. The molecule has 1 amide bonds. The third-order valence-corrected chi connectivity index (χ3v) is 5.57. The summed E-state index contributed by atoms with van der Waals surface area (Å²) in [6.45, 7) is -0.0421. The van der Waals surface area contributed by atoms with Crippen LogP contribution in [0.15, 0.2) is 48.5 Å². The minimum Gasteiger partial charge on any atom is -0.480 e. The van der Waals surface area contributed by atoms with Gasteiger partial charge in [0.25, 0.3) is 0 Å². The van der Waals surface area contributed by atoms with Gasteiger partial charge in [-0.15, -0.1) is 0 Å². The Kier molecular flexibility index (Phi) is 4.72. The van der Waals surface area contributed by atoms with Crippen LogP contribution in [0, 0.1) is 11.8 Å². The topological polar surface area (TPSA) is 75.6 Å². The zero-order valence-corrected chi connectivity index (χ0v) is 15.1. The second-order valence-electron chi connectivity index (χ2n) is 7.33. The van der Waals surface area contributed by atoms with E-state index in [0.29, 0.717) is 0 Å². The van der Waals surface area contributed by atoms with Crippen LogP contribution in [0.3, 0.4) is 0 Å². The zero-order valence-electron chi connectivity index (χ0n) is 15.1. The molecule has 152 valence electrons. The van der Waals surface area contributed by atoms with Crippen LogP contribution in [0.25, 0.3) is 11.1 Å². The van der Waals surface area contributed by atoms with Gasteiger partial charge in [-0.1, -0.05) is 48.5 Å². The van der Waals surface area contributed by atoms with Crippen molar-refractivity contribution in [2.75, 3.05) is 6.61 Å². The molecule has 5 nitrogen and oxygen atoms in total. The van der Waals surface area contributed by atoms with Crippen LogP contribution in [-0.4, -0.2) is 36.0 Å². The molecule has 4 rings (SSSR count). The first-order valence-electron chi connectivity index (χ1n) is 9.18. The number of carboxylic acids is 1. The molecule has 2 aromatic carbocycles. The zero-order chi connectivity index (χ0) is 20.8. The monoisotopic (exact) mass is 405 g/mol. The lowest BCUT2D eigenvalue weighted by atomic mass is 9.98. The van der Waals surface area contributed by atoms with Crippen molar-refractivity contribution in [2.45, 2.75) is 24.6 Å². The molecule has 0 aliphatic heterocycles. The van der Waals surface area contributed by atoms with Crippen molar-refractivity contribution in [3.8, 4) is 11.1 Å². The third-order valence-electron chi connectivity index (χ3n) is 5.57. The van der Waals surface area contributed by atoms with Crippen molar-refractivity contribution < 1.29 is 32.6 Å². The minimum atomic E-state index is -4.47. The molecule has 8 heteroatoms. The average Bonchev–Trinajstić information content (AvgIpc) is 3.42. The SMILES string of the molecule is O=C(NC(C(=O)O)C1CC1C(F)(F)F)OCC1c2ccccc2-c2ccccc21. The number of hydrogen-bond donors (Lipinski definition) is 2. The number of halogens is 3. The van der Waals surface area contributed by atoms with Gasteiger partial charge in [-0.2, -0.15) is 13.2 Å². The van der Waals surface area contributed by atoms with Crippen molar-refractivity contribution in [3.05, 3.63) is 59.7 Å². The number of carbonyl (C=O) groups excluding carboxylic acids is 1. The highest BCUT2D eigenvalue weighted by atomic mass is 19.4. The number of rotatable bonds is 5. The van der Waals surface area contributed by atoms with Crippen LogP contribution in [0.2, 0.25) is 0 Å². The summed E-state index contributed by atoms with van der Waals surface area (Å²) in [5, 5.41) is 11.3. The summed E-state index contributed by atoms with van der Waals surface area (Å²) < 4.78 is 43.5. The maximum absolute atomic E-state index is 12.7. The first-order chi connectivity index (χ1) is 13.8. The molecule has 29 heavy (non-hydrogen) atoms. The van der Waals surface area contributed by atoms with Crippen molar-refractivity contribution >= 4 is 12.1 Å². The van der Waals surface area contributed by atoms with E-state index in [2.05, 4.69) is 5.32 Å². The van der Waals surface area contributed by atoms with Crippen LogP contribution >= 0.6 is 0 Å². The molecule has 3 atom stereocenters. The number of nitrogens with one attached hydrogen (secondary N) is 1. The summed E-state index contributed by atoms with van der Waals surface area (Å²) >= 11 is 0. The fourth-order valence-corrected chi connectivity index (χ4v) is 4.08. The van der Waals surface area contributed by atoms with Gasteiger partial charge in [-0.25, -0.2) is 9.59 Å². The Morgan fingerprint density at radius 2 is 1.62 bits per heavy atom. The number of ether oxygens (including phenoxy) is 1. The lowest BCUT2D eigenvalue weighted by Gasteiger charge is -2.18. The minimum absolute atomic E-state index is 0.0421. The normalized spacial score (nSPS) is 21.1. The van der Waals surface area contributed by atoms with E-state index in [9.17, 15) is 27.9 Å². The Balaban J connectivity index is 1.43. The fraction of sp³-hybridized carbons (Fsp3) is 0.333. The highest BCUT2D eigenvalue weighted by Gasteiger charge is 2.60. The highest BCUT2D eigenvalue weighted by Crippen LogP contribution is 2.51. The van der Waals surface area contributed by atoms with Crippen LogP contribution < -0.4 is 5.32 Å². The molecular weight excluding hydrogens is 387 g/mol. The van der Waals surface area contributed by atoms with Gasteiger partial charge >= 0.3 is 18.2 Å². The van der Waals surface area contributed by atoms with Crippen molar-refractivity contribution in [3.63, 3.8) is 0 Å². The number of hydrogen-bond acceptors (Lipinski definition) is 3. The summed E-state index contributed by atoms with van der Waals surface area (Å²) in [5.41, 5.74) is 4.03. The van der Waals surface area contributed by atoms with Gasteiger partial charge < -0.3 is 15.2 Å². The average molecular weight is 405 g/mol. The molecule has 2 N–H and O–H groups in total. The van der Waals surface area contributed by atoms with E-state index in [4.69, 9.17) is 4.74 Å². The van der Waals surface area contributed by atoms with E-state index >= 15 is 0 Å². The molecule has 0 radical (unpaired) electrons. The number of carbonyl (C=O) groups is 2. The summed E-state index contributed by atoms with van der Waals surface area (Å²) in [7, 11) is 0. The Hall–Kier alpha value is -3.03. The summed E-state index contributed by atoms with van der Waals surface area (Å²) in [5.74, 6) is -4.61. The number of alkyl carbamates (subject to hydrolysis) is 1. The fourth-order valence-electron chi connectivity index (χ4n) is 4.08. The van der Waals surface area contributed by atoms with Crippen LogP contribution in [-0.2, 0) is 9.53 Å². The van der Waals surface area contributed by atoms with E-state index in [0.717, 1.165) is 22.3 Å². The number of fused-ring (bicyclic) bond motifs is 3. The molecule has 3 unspecified atom stereocenters. The van der Waals surface area contributed by atoms with Crippen LogP contribution in [0.1, 0.15) is 23.5 Å². The van der Waals surface area contributed by atoms with Gasteiger partial charge in [-0.3, -0.25) is 0 Å². The molecule has 1 fully saturated rings. The first-order valence-corrected chi connectivity index (χ1v) is 9.18. The van der Waals surface area contributed by atoms with Gasteiger partial charge in [0.1, 0.15) is 12.6 Å². The van der Waals surface area contributed by atoms with E-state index in [1.165, 1.54) is 0 Å². The number of benzene rings is 2. The molecule has 1 saturated carbocycles. The molecule has 2 aromatic rings. The summed E-state index contributed by atoms with van der Waals surface area (Å²) in [4.78, 5) is 23.5. The summed E-state index contributed by atoms with van der Waals surface area (Å²) in [6.07, 6.45) is -5.82. The van der Waals surface area contributed by atoms with Gasteiger partial charge in [0.2, 0.25) is 0 Å². The van der Waals surface area contributed by atoms with Crippen molar-refractivity contribution in [1.82, 2.24) is 5.32 Å². The standard InChI is InChI=1S/C21H18F3NO4/c22-21(23,24)17-9-15(17)18(19(26)27)25-20(28)29-10-16-13-7-3-1-5-11(13)12-6-2-4-8-14(12)16/h1-8,15-18H,9-10H2,(H,25,28)(H,26,27). The molecule has 2 aliphatic rings. The van der Waals surface area contributed by atoms with Gasteiger partial charge in [0.15, 0.2) is 0 Å². The Labute approximate surface area is 164 Å². The Morgan fingerprint density at radius 1 is 1.07 bits per heavy atom. The summed E-state index contributed by atoms with van der Waals surface area (Å²) in [6, 6.07) is 13.8. The number of amides is 1. The molecule has 0 spiro atoms. The van der Waals surface area contributed by atoms with E-state index in [-0.39, 0.29) is 18.9 Å². The molecule has 0 bridgehead atoms. The first kappa shape index (κ1) is 19.3. The second kappa shape index (κ2) is 7.09. The quantitative estimate of drug-likeness (QED) is 0.783. The lowest BCUT2D eigenvalue weighted by molar-refractivity contribution is -0.154. The molecular formula is C21H18F3NO4. The highest BCUT2D eigenvalue weighted by molar-refractivity contribution is 5.81. The van der Waals surface area contributed by atoms with Gasteiger partial charge in [-0.05, 0) is 28.7 Å². The maximum Gasteiger partial charge on any atom is 0.407 e. The second-order valence-corrected chi connectivity index (χ2v) is 7.33. The largest absolute Gasteiger partial charge is 0.480 e. The van der Waals surface area contributed by atoms with Crippen molar-refractivity contribution in [1.29, 1.82) is 0 Å².